The number of carbonyl (C=O) groups excluding carboxylic acids is 4. The molecule has 56 heavy (non-hydrogen) atoms. The number of carbonyl (C=O) groups is 4. The van der Waals surface area contributed by atoms with Gasteiger partial charge in [-0.25, -0.2) is 19.2 Å². The molecule has 4 aromatic carbocycles. The Morgan fingerprint density at radius 3 is 1.29 bits per heavy atom. The lowest BCUT2D eigenvalue weighted by Gasteiger charge is -2.17. The maximum atomic E-state index is 12.6. The number of esters is 4. The number of hydrogen-bond donors (Lipinski definition) is 0. The van der Waals surface area contributed by atoms with Crippen LogP contribution in [-0.4, -0.2) is 74.7 Å². The summed E-state index contributed by atoms with van der Waals surface area (Å²) in [4.78, 5) is 50.0. The molecule has 0 aromatic heterocycles. The van der Waals surface area contributed by atoms with Gasteiger partial charge in [0.1, 0.15) is 58.5 Å². The van der Waals surface area contributed by atoms with Crippen molar-refractivity contribution in [1.29, 1.82) is 10.5 Å². The standard InChI is InChI=1S/C42H32N2O12/c43-21-29(41(47)53-33-7-3-1-4-8-33)19-27-11-15-31(16-12-27)49-25-37(45)55-35-23-51-40-36(24-52-39(35)40)56-38(46)26-50-32-17-13-28(14-18-32)20-30(22-44)42(48)54-34-9-5-2-6-10-34/h1-20,35-36,39-40H,23-26H2/b29-19+,30-20+/t35-,36+,39?,40?. The van der Waals surface area contributed by atoms with Crippen molar-refractivity contribution in [2.24, 2.45) is 0 Å². The molecule has 0 amide bonds. The molecule has 6 rings (SSSR count). The van der Waals surface area contributed by atoms with Crippen LogP contribution in [0.2, 0.25) is 0 Å². The van der Waals surface area contributed by atoms with Crippen LogP contribution >= 0.6 is 0 Å². The van der Waals surface area contributed by atoms with E-state index in [0.29, 0.717) is 34.1 Å². The van der Waals surface area contributed by atoms with Crippen LogP contribution in [0.15, 0.2) is 120 Å². The first-order valence-electron chi connectivity index (χ1n) is 17.1. The average molecular weight is 757 g/mol. The van der Waals surface area contributed by atoms with Crippen LogP contribution in [0.25, 0.3) is 12.2 Å². The average Bonchev–Trinajstić information content (AvgIpc) is 3.81. The van der Waals surface area contributed by atoms with Crippen molar-refractivity contribution in [3.8, 4) is 35.1 Å². The smallest absolute Gasteiger partial charge is 0.354 e. The Morgan fingerprint density at radius 1 is 0.554 bits per heavy atom. The molecule has 282 valence electrons. The van der Waals surface area contributed by atoms with Crippen molar-refractivity contribution in [3.05, 3.63) is 131 Å². The molecule has 2 aliphatic heterocycles. The summed E-state index contributed by atoms with van der Waals surface area (Å²) in [6, 6.07) is 33.2. The van der Waals surface area contributed by atoms with Gasteiger partial charge in [0.05, 0.1) is 13.2 Å². The Kier molecular flexibility index (Phi) is 12.8. The van der Waals surface area contributed by atoms with Gasteiger partial charge in [0, 0.05) is 0 Å². The number of hydrogen-bond acceptors (Lipinski definition) is 14. The SMILES string of the molecule is N#C/C(=C\c1ccc(OCC(=O)O[C@H]2COC3C2OC[C@H]3OC(=O)COc2ccc(/C=C(\C#N)C(=O)Oc3ccccc3)cc2)cc1)C(=O)Oc1ccccc1. The Morgan fingerprint density at radius 2 is 0.929 bits per heavy atom. The molecule has 4 aromatic rings. The van der Waals surface area contributed by atoms with Gasteiger partial charge >= 0.3 is 23.9 Å². The summed E-state index contributed by atoms with van der Waals surface area (Å²) >= 11 is 0. The molecule has 0 spiro atoms. The Hall–Kier alpha value is -7.26. The molecule has 2 fully saturated rings. The number of nitriles is 2. The third-order valence-electron chi connectivity index (χ3n) is 8.21. The Labute approximate surface area is 320 Å². The summed E-state index contributed by atoms with van der Waals surface area (Å²) in [5, 5.41) is 18.9. The largest absolute Gasteiger partial charge is 0.482 e. The van der Waals surface area contributed by atoms with Crippen LogP contribution < -0.4 is 18.9 Å². The molecule has 0 bridgehead atoms. The molecule has 14 heteroatoms. The normalized spacial score (nSPS) is 18.7. The molecule has 14 nitrogen and oxygen atoms in total. The minimum Gasteiger partial charge on any atom is -0.482 e. The number of para-hydroxylation sites is 2. The van der Waals surface area contributed by atoms with E-state index in [0.717, 1.165) is 0 Å². The summed E-state index contributed by atoms with van der Waals surface area (Å²) in [6.07, 6.45) is -0.0658. The highest BCUT2D eigenvalue weighted by molar-refractivity contribution is 5.99. The summed E-state index contributed by atoms with van der Waals surface area (Å²) in [5.74, 6) is -1.61. The van der Waals surface area contributed by atoms with E-state index < -0.39 is 61.5 Å². The number of ether oxygens (including phenoxy) is 8. The van der Waals surface area contributed by atoms with Crippen molar-refractivity contribution < 1.29 is 57.1 Å². The highest BCUT2D eigenvalue weighted by Crippen LogP contribution is 2.31. The highest BCUT2D eigenvalue weighted by Gasteiger charge is 2.51. The lowest BCUT2D eigenvalue weighted by atomic mass is 10.1. The molecule has 2 aliphatic rings. The van der Waals surface area contributed by atoms with E-state index in [2.05, 4.69) is 0 Å². The monoisotopic (exact) mass is 756 g/mol. The third-order valence-corrected chi connectivity index (χ3v) is 8.21. The zero-order valence-electron chi connectivity index (χ0n) is 29.5. The van der Waals surface area contributed by atoms with Gasteiger partial charge in [0.15, 0.2) is 25.4 Å². The van der Waals surface area contributed by atoms with Gasteiger partial charge in [-0.15, -0.1) is 0 Å². The first kappa shape index (κ1) is 38.5. The predicted octanol–water partition coefficient (Wildman–Crippen LogP) is 4.79. The fourth-order valence-electron chi connectivity index (χ4n) is 5.55. The van der Waals surface area contributed by atoms with E-state index in [4.69, 9.17) is 37.9 Å². The molecule has 0 saturated carbocycles. The van der Waals surface area contributed by atoms with Crippen molar-refractivity contribution >= 4 is 36.0 Å². The number of nitrogens with zero attached hydrogens (tertiary/aromatic N) is 2. The fourth-order valence-corrected chi connectivity index (χ4v) is 5.55. The van der Waals surface area contributed by atoms with Crippen molar-refractivity contribution in [2.45, 2.75) is 24.4 Å². The van der Waals surface area contributed by atoms with Gasteiger partial charge in [-0.2, -0.15) is 10.5 Å². The molecule has 2 saturated heterocycles. The molecule has 4 atom stereocenters. The van der Waals surface area contributed by atoms with Gasteiger partial charge in [-0.1, -0.05) is 60.7 Å². The second kappa shape index (κ2) is 18.7. The van der Waals surface area contributed by atoms with Gasteiger partial charge < -0.3 is 37.9 Å². The van der Waals surface area contributed by atoms with Crippen molar-refractivity contribution in [1.82, 2.24) is 0 Å². The Bertz CT molecular complexity index is 2020. The van der Waals surface area contributed by atoms with Crippen molar-refractivity contribution in [3.63, 3.8) is 0 Å². The molecule has 0 aliphatic carbocycles. The predicted molar refractivity (Wildman–Crippen MR) is 194 cm³/mol. The van der Waals surface area contributed by atoms with Crippen LogP contribution in [-0.2, 0) is 38.1 Å². The molecule has 2 heterocycles. The maximum Gasteiger partial charge on any atom is 0.354 e. The Balaban J connectivity index is 0.910. The van der Waals surface area contributed by atoms with Crippen LogP contribution in [0.3, 0.4) is 0 Å². The summed E-state index contributed by atoms with van der Waals surface area (Å²) in [5.41, 5.74) is 0.682. The van der Waals surface area contributed by atoms with Crippen LogP contribution in [0, 0.1) is 22.7 Å². The number of rotatable bonds is 14. The van der Waals surface area contributed by atoms with Gasteiger partial charge in [-0.3, -0.25) is 0 Å². The summed E-state index contributed by atoms with van der Waals surface area (Å²) < 4.78 is 44.1. The van der Waals surface area contributed by atoms with Crippen LogP contribution in [0.1, 0.15) is 11.1 Å². The summed E-state index contributed by atoms with van der Waals surface area (Å²) in [6.45, 7) is -0.774. The fraction of sp³-hybridized carbons (Fsp3) is 0.190. The van der Waals surface area contributed by atoms with E-state index in [-0.39, 0.29) is 24.4 Å². The minimum atomic E-state index is -0.794. The number of benzene rings is 4. The van der Waals surface area contributed by atoms with Gasteiger partial charge in [0.25, 0.3) is 0 Å². The van der Waals surface area contributed by atoms with E-state index >= 15 is 0 Å². The topological polar surface area (TPSA) is 190 Å². The molecular formula is C42H32N2O12. The lowest BCUT2D eigenvalue weighted by Crippen LogP contribution is -2.37. The molecular weight excluding hydrogens is 724 g/mol. The van der Waals surface area contributed by atoms with Gasteiger partial charge in [0.2, 0.25) is 0 Å². The summed E-state index contributed by atoms with van der Waals surface area (Å²) in [7, 11) is 0. The van der Waals surface area contributed by atoms with Crippen LogP contribution in [0.4, 0.5) is 0 Å². The first-order chi connectivity index (χ1) is 27.3. The number of fused-ring (bicyclic) bond motifs is 1. The van der Waals surface area contributed by atoms with Crippen LogP contribution in [0.5, 0.6) is 23.0 Å². The second-order valence-corrected chi connectivity index (χ2v) is 12.1. The second-order valence-electron chi connectivity index (χ2n) is 12.1. The third kappa shape index (κ3) is 10.4. The quantitative estimate of drug-likeness (QED) is 0.0739. The zero-order chi connectivity index (χ0) is 39.3. The zero-order valence-corrected chi connectivity index (χ0v) is 29.5. The van der Waals surface area contributed by atoms with E-state index in [1.54, 1.807) is 109 Å². The van der Waals surface area contributed by atoms with E-state index in [9.17, 15) is 29.7 Å². The van der Waals surface area contributed by atoms with Gasteiger partial charge in [-0.05, 0) is 71.8 Å². The molecule has 0 N–H and O–H groups in total. The van der Waals surface area contributed by atoms with E-state index in [1.165, 1.54) is 12.2 Å². The van der Waals surface area contributed by atoms with E-state index in [1.807, 2.05) is 12.1 Å². The molecule has 0 radical (unpaired) electrons. The minimum absolute atomic E-state index is 0.0267. The maximum absolute atomic E-state index is 12.6. The molecule has 2 unspecified atom stereocenters. The lowest BCUT2D eigenvalue weighted by molar-refractivity contribution is -0.157. The highest BCUT2D eigenvalue weighted by atomic mass is 16.7. The first-order valence-corrected chi connectivity index (χ1v) is 17.1. The van der Waals surface area contributed by atoms with Crippen molar-refractivity contribution in [2.75, 3.05) is 26.4 Å².